The number of methoxy groups -OCH3 is 1. The van der Waals surface area contributed by atoms with Crippen molar-refractivity contribution >= 4 is 17.1 Å². The Hall–Kier alpha value is -1.82. The number of rotatable bonds is 3. The Morgan fingerprint density at radius 1 is 1.53 bits per heavy atom. The summed E-state index contributed by atoms with van der Waals surface area (Å²) in [6.45, 7) is 3.58. The number of nitrogen functional groups attached to an aromatic ring is 1. The highest BCUT2D eigenvalue weighted by Crippen LogP contribution is 2.33. The number of hydrogen-bond donors (Lipinski definition) is 1. The number of hydrogen-bond acceptors (Lipinski definition) is 5. The molecule has 6 nitrogen and oxygen atoms in total. The highest BCUT2D eigenvalue weighted by atomic mass is 16.6. The van der Waals surface area contributed by atoms with Gasteiger partial charge in [0.1, 0.15) is 5.69 Å². The van der Waals surface area contributed by atoms with Crippen LogP contribution in [0.2, 0.25) is 0 Å². The van der Waals surface area contributed by atoms with Crippen LogP contribution in [0.3, 0.4) is 0 Å². The third-order valence-corrected chi connectivity index (χ3v) is 3.73. The van der Waals surface area contributed by atoms with Crippen LogP contribution in [0.1, 0.15) is 13.3 Å². The van der Waals surface area contributed by atoms with Crippen molar-refractivity contribution in [3.63, 3.8) is 0 Å². The molecule has 6 heteroatoms. The zero-order valence-electron chi connectivity index (χ0n) is 11.2. The molecule has 0 aromatic heterocycles. The lowest BCUT2D eigenvalue weighted by atomic mass is 9.95. The van der Waals surface area contributed by atoms with E-state index in [0.29, 0.717) is 23.8 Å². The number of nitro benzene ring substituents is 1. The second-order valence-corrected chi connectivity index (χ2v) is 4.99. The first-order valence-corrected chi connectivity index (χ1v) is 6.34. The standard InChI is InChI=1S/C13H19N3O3/c1-9-5-6-15(8-13(9)19-2)12-7-10(14)3-4-11(12)16(17)18/h3-4,7,9,13H,5-6,8,14H2,1-2H3. The van der Waals surface area contributed by atoms with Crippen LogP contribution in [0.4, 0.5) is 17.1 Å². The Balaban J connectivity index is 2.31. The Kier molecular flexibility index (Phi) is 3.90. The van der Waals surface area contributed by atoms with Gasteiger partial charge in [0, 0.05) is 32.0 Å². The van der Waals surface area contributed by atoms with Crippen molar-refractivity contribution in [2.75, 3.05) is 30.8 Å². The van der Waals surface area contributed by atoms with Crippen LogP contribution in [0, 0.1) is 16.0 Å². The van der Waals surface area contributed by atoms with Crippen LogP contribution in [0.25, 0.3) is 0 Å². The molecule has 0 spiro atoms. The van der Waals surface area contributed by atoms with Crippen molar-refractivity contribution in [3.05, 3.63) is 28.3 Å². The average molecular weight is 265 g/mol. The highest BCUT2D eigenvalue weighted by molar-refractivity contribution is 5.69. The molecule has 2 rings (SSSR count). The van der Waals surface area contributed by atoms with Crippen molar-refractivity contribution in [2.24, 2.45) is 5.92 Å². The molecular weight excluding hydrogens is 246 g/mol. The summed E-state index contributed by atoms with van der Waals surface area (Å²) in [6.07, 6.45) is 1.04. The SMILES string of the molecule is COC1CN(c2cc(N)ccc2[N+](=O)[O-])CCC1C. The van der Waals surface area contributed by atoms with Gasteiger partial charge in [-0.3, -0.25) is 10.1 Å². The summed E-state index contributed by atoms with van der Waals surface area (Å²) >= 11 is 0. The van der Waals surface area contributed by atoms with Gasteiger partial charge in [-0.15, -0.1) is 0 Å². The molecular formula is C13H19N3O3. The Labute approximate surface area is 112 Å². The summed E-state index contributed by atoms with van der Waals surface area (Å²) < 4.78 is 5.44. The zero-order chi connectivity index (χ0) is 14.0. The molecule has 1 heterocycles. The summed E-state index contributed by atoms with van der Waals surface area (Å²) in [4.78, 5) is 12.7. The molecule has 0 aliphatic carbocycles. The maximum Gasteiger partial charge on any atom is 0.292 e. The van der Waals surface area contributed by atoms with Crippen molar-refractivity contribution in [1.82, 2.24) is 0 Å². The monoisotopic (exact) mass is 265 g/mol. The van der Waals surface area contributed by atoms with Crippen LogP contribution >= 0.6 is 0 Å². The maximum atomic E-state index is 11.1. The predicted molar refractivity (Wildman–Crippen MR) is 74.3 cm³/mol. The van der Waals surface area contributed by atoms with Gasteiger partial charge in [0.15, 0.2) is 0 Å². The third-order valence-electron chi connectivity index (χ3n) is 3.73. The molecule has 1 fully saturated rings. The Morgan fingerprint density at radius 3 is 2.89 bits per heavy atom. The Bertz CT molecular complexity index is 478. The van der Waals surface area contributed by atoms with E-state index in [2.05, 4.69) is 6.92 Å². The van der Waals surface area contributed by atoms with Crippen LogP contribution in [0.5, 0.6) is 0 Å². The van der Waals surface area contributed by atoms with E-state index in [0.717, 1.165) is 13.0 Å². The lowest BCUT2D eigenvalue weighted by Gasteiger charge is -2.37. The van der Waals surface area contributed by atoms with Gasteiger partial charge in [0.05, 0.1) is 11.0 Å². The van der Waals surface area contributed by atoms with E-state index >= 15 is 0 Å². The fourth-order valence-electron chi connectivity index (χ4n) is 2.51. The van der Waals surface area contributed by atoms with E-state index < -0.39 is 0 Å². The number of nitrogens with zero attached hydrogens (tertiary/aromatic N) is 2. The molecule has 19 heavy (non-hydrogen) atoms. The molecule has 0 saturated carbocycles. The van der Waals surface area contributed by atoms with Gasteiger partial charge in [0.25, 0.3) is 5.69 Å². The molecule has 0 bridgehead atoms. The topological polar surface area (TPSA) is 81.6 Å². The third kappa shape index (κ3) is 2.78. The van der Waals surface area contributed by atoms with Gasteiger partial charge in [-0.05, 0) is 24.5 Å². The fraction of sp³-hybridized carbons (Fsp3) is 0.538. The molecule has 1 aliphatic heterocycles. The first kappa shape index (κ1) is 13.6. The van der Waals surface area contributed by atoms with Gasteiger partial charge >= 0.3 is 0 Å². The smallest absolute Gasteiger partial charge is 0.292 e. The molecule has 2 atom stereocenters. The number of nitrogens with two attached hydrogens (primary N) is 1. The van der Waals surface area contributed by atoms with Crippen molar-refractivity contribution in [2.45, 2.75) is 19.4 Å². The number of anilines is 2. The molecule has 1 aromatic rings. The van der Waals surface area contributed by atoms with Crippen molar-refractivity contribution in [1.29, 1.82) is 0 Å². The van der Waals surface area contributed by atoms with Gasteiger partial charge in [-0.2, -0.15) is 0 Å². The number of benzene rings is 1. The number of piperidine rings is 1. The quantitative estimate of drug-likeness (QED) is 0.514. The molecule has 104 valence electrons. The zero-order valence-corrected chi connectivity index (χ0v) is 11.2. The number of nitro groups is 1. The van der Waals surface area contributed by atoms with E-state index in [9.17, 15) is 10.1 Å². The average Bonchev–Trinajstić information content (AvgIpc) is 2.38. The summed E-state index contributed by atoms with van der Waals surface area (Å²) in [5.74, 6) is 0.460. The minimum Gasteiger partial charge on any atom is -0.399 e. The second-order valence-electron chi connectivity index (χ2n) is 4.99. The molecule has 1 aromatic carbocycles. The van der Waals surface area contributed by atoms with Gasteiger partial charge in [0.2, 0.25) is 0 Å². The minimum atomic E-state index is -0.366. The summed E-state index contributed by atoms with van der Waals surface area (Å²) in [6, 6.07) is 4.69. The van der Waals surface area contributed by atoms with Gasteiger partial charge < -0.3 is 15.4 Å². The lowest BCUT2D eigenvalue weighted by Crippen LogP contribution is -2.44. The molecule has 1 aliphatic rings. The summed E-state index contributed by atoms with van der Waals surface area (Å²) in [5, 5.41) is 11.1. The highest BCUT2D eigenvalue weighted by Gasteiger charge is 2.29. The van der Waals surface area contributed by atoms with E-state index in [1.54, 1.807) is 19.2 Å². The Morgan fingerprint density at radius 2 is 2.26 bits per heavy atom. The molecule has 1 saturated heterocycles. The van der Waals surface area contributed by atoms with Crippen LogP contribution in [-0.4, -0.2) is 31.2 Å². The molecule has 0 radical (unpaired) electrons. The first-order valence-electron chi connectivity index (χ1n) is 6.34. The van der Waals surface area contributed by atoms with E-state index in [1.807, 2.05) is 4.90 Å². The van der Waals surface area contributed by atoms with E-state index in [-0.39, 0.29) is 16.7 Å². The van der Waals surface area contributed by atoms with Crippen LogP contribution in [0.15, 0.2) is 18.2 Å². The summed E-state index contributed by atoms with van der Waals surface area (Å²) in [7, 11) is 1.68. The van der Waals surface area contributed by atoms with Crippen molar-refractivity contribution in [3.8, 4) is 0 Å². The first-order chi connectivity index (χ1) is 9.02. The predicted octanol–water partition coefficient (Wildman–Crippen LogP) is 2.04. The molecule has 0 amide bonds. The minimum absolute atomic E-state index is 0.0924. The van der Waals surface area contributed by atoms with Crippen LogP contribution in [-0.2, 0) is 4.74 Å². The molecule has 2 unspecified atom stereocenters. The van der Waals surface area contributed by atoms with Crippen molar-refractivity contribution < 1.29 is 9.66 Å². The normalized spacial score (nSPS) is 23.4. The fourth-order valence-corrected chi connectivity index (χ4v) is 2.51. The van der Waals surface area contributed by atoms with E-state index in [4.69, 9.17) is 10.5 Å². The van der Waals surface area contributed by atoms with E-state index in [1.165, 1.54) is 6.07 Å². The maximum absolute atomic E-state index is 11.1. The lowest BCUT2D eigenvalue weighted by molar-refractivity contribution is -0.384. The number of ether oxygens (including phenoxy) is 1. The largest absolute Gasteiger partial charge is 0.399 e. The van der Waals surface area contributed by atoms with Gasteiger partial charge in [-0.25, -0.2) is 0 Å². The summed E-state index contributed by atoms with van der Waals surface area (Å²) in [5.41, 5.74) is 6.96. The van der Waals surface area contributed by atoms with Crippen LogP contribution < -0.4 is 10.6 Å². The second kappa shape index (κ2) is 5.44. The molecule has 2 N–H and O–H groups in total. The van der Waals surface area contributed by atoms with Gasteiger partial charge in [-0.1, -0.05) is 6.92 Å².